The Morgan fingerprint density at radius 1 is 1.10 bits per heavy atom. The first-order valence-electron chi connectivity index (χ1n) is 10.2. The Bertz CT molecular complexity index is 1010. The van der Waals surface area contributed by atoms with Crippen LogP contribution in [0.1, 0.15) is 24.6 Å². The number of halogens is 1. The van der Waals surface area contributed by atoms with Crippen molar-refractivity contribution in [3.63, 3.8) is 0 Å². The number of hydrogen-bond acceptors (Lipinski definition) is 4. The lowest BCUT2D eigenvalue weighted by molar-refractivity contribution is -0.133. The molecule has 2 aliphatic rings. The van der Waals surface area contributed by atoms with Gasteiger partial charge in [0.2, 0.25) is 15.9 Å². The van der Waals surface area contributed by atoms with E-state index in [0.29, 0.717) is 19.6 Å². The zero-order chi connectivity index (χ0) is 21.3. The maximum Gasteiger partial charge on any atom is 0.243 e. The monoisotopic (exact) mass is 434 g/mol. The fourth-order valence-electron chi connectivity index (χ4n) is 4.40. The highest BCUT2D eigenvalue weighted by Crippen LogP contribution is 2.31. The molecule has 2 saturated heterocycles. The SMILES string of the molecule is Cn1cccc1C1CCCN1CC(=O)N1CCN(S(=O)(=O)c2cccc(F)c2)CC1. The number of amides is 1. The molecule has 4 rings (SSSR count). The molecule has 1 atom stereocenters. The van der Waals surface area contributed by atoms with Crippen LogP contribution in [0.5, 0.6) is 0 Å². The predicted octanol–water partition coefficient (Wildman–Crippen LogP) is 1.83. The molecule has 0 N–H and O–H groups in total. The molecule has 0 bridgehead atoms. The summed E-state index contributed by atoms with van der Waals surface area (Å²) < 4.78 is 42.4. The smallest absolute Gasteiger partial charge is 0.243 e. The van der Waals surface area contributed by atoms with Crippen LogP contribution >= 0.6 is 0 Å². The number of sulfonamides is 1. The number of benzene rings is 1. The number of nitrogens with zero attached hydrogens (tertiary/aromatic N) is 4. The predicted molar refractivity (Wildman–Crippen MR) is 111 cm³/mol. The van der Waals surface area contributed by atoms with Gasteiger partial charge in [-0.2, -0.15) is 4.31 Å². The van der Waals surface area contributed by atoms with Crippen LogP contribution in [-0.2, 0) is 21.9 Å². The Kier molecular flexibility index (Phi) is 5.95. The first kappa shape index (κ1) is 21.0. The Labute approximate surface area is 176 Å². The van der Waals surface area contributed by atoms with Crippen molar-refractivity contribution in [2.24, 2.45) is 7.05 Å². The molecule has 9 heteroatoms. The summed E-state index contributed by atoms with van der Waals surface area (Å²) >= 11 is 0. The van der Waals surface area contributed by atoms with Crippen LogP contribution < -0.4 is 0 Å². The molecule has 162 valence electrons. The fraction of sp³-hybridized carbons (Fsp3) is 0.476. The molecular formula is C21H27FN4O3S. The first-order chi connectivity index (χ1) is 14.4. The molecule has 2 aliphatic heterocycles. The Hall–Kier alpha value is -2.23. The van der Waals surface area contributed by atoms with Gasteiger partial charge in [-0.1, -0.05) is 6.07 Å². The summed E-state index contributed by atoms with van der Waals surface area (Å²) in [4.78, 5) is 16.8. The van der Waals surface area contributed by atoms with Gasteiger partial charge < -0.3 is 9.47 Å². The Morgan fingerprint density at radius 3 is 2.53 bits per heavy atom. The number of carbonyl (C=O) groups excluding carboxylic acids is 1. The number of hydrogen-bond donors (Lipinski definition) is 0. The lowest BCUT2D eigenvalue weighted by Crippen LogP contribution is -2.52. The maximum absolute atomic E-state index is 13.4. The zero-order valence-electron chi connectivity index (χ0n) is 17.1. The second-order valence-electron chi connectivity index (χ2n) is 7.91. The van der Waals surface area contributed by atoms with E-state index in [-0.39, 0.29) is 29.9 Å². The summed E-state index contributed by atoms with van der Waals surface area (Å²) in [6.07, 6.45) is 4.11. The molecule has 1 aromatic carbocycles. The van der Waals surface area contributed by atoms with Crippen molar-refractivity contribution in [2.45, 2.75) is 23.8 Å². The normalized spacial score (nSPS) is 21.3. The van der Waals surface area contributed by atoms with Crippen molar-refractivity contribution < 1.29 is 17.6 Å². The minimum atomic E-state index is -3.76. The van der Waals surface area contributed by atoms with Gasteiger partial charge in [0.15, 0.2) is 0 Å². The molecule has 1 amide bonds. The van der Waals surface area contributed by atoms with Crippen LogP contribution in [0.15, 0.2) is 47.5 Å². The largest absolute Gasteiger partial charge is 0.353 e. The Balaban J connectivity index is 1.36. The molecule has 0 spiro atoms. The van der Waals surface area contributed by atoms with Crippen molar-refractivity contribution in [3.05, 3.63) is 54.1 Å². The van der Waals surface area contributed by atoms with E-state index < -0.39 is 15.8 Å². The zero-order valence-corrected chi connectivity index (χ0v) is 17.9. The van der Waals surface area contributed by atoms with E-state index in [2.05, 4.69) is 15.5 Å². The average Bonchev–Trinajstić information content (AvgIpc) is 3.36. The minimum Gasteiger partial charge on any atom is -0.353 e. The lowest BCUT2D eigenvalue weighted by atomic mass is 10.1. The van der Waals surface area contributed by atoms with Gasteiger partial charge in [0.05, 0.1) is 17.5 Å². The molecule has 0 aliphatic carbocycles. The summed E-state index contributed by atoms with van der Waals surface area (Å²) in [5, 5.41) is 0. The number of carbonyl (C=O) groups is 1. The van der Waals surface area contributed by atoms with Gasteiger partial charge in [-0.05, 0) is 49.7 Å². The summed E-state index contributed by atoms with van der Waals surface area (Å²) in [5.41, 5.74) is 1.21. The second-order valence-corrected chi connectivity index (χ2v) is 9.85. The van der Waals surface area contributed by atoms with Gasteiger partial charge in [0.25, 0.3) is 0 Å². The molecule has 2 aromatic rings. The van der Waals surface area contributed by atoms with Crippen molar-refractivity contribution in [1.82, 2.24) is 18.7 Å². The second kappa shape index (κ2) is 8.49. The number of rotatable bonds is 5. The van der Waals surface area contributed by atoms with Crippen LogP contribution in [0.25, 0.3) is 0 Å². The molecular weight excluding hydrogens is 407 g/mol. The molecule has 0 saturated carbocycles. The van der Waals surface area contributed by atoms with E-state index in [1.807, 2.05) is 19.3 Å². The molecule has 3 heterocycles. The molecule has 1 unspecified atom stereocenters. The van der Waals surface area contributed by atoms with E-state index in [4.69, 9.17) is 0 Å². The van der Waals surface area contributed by atoms with E-state index in [1.54, 1.807) is 4.90 Å². The summed E-state index contributed by atoms with van der Waals surface area (Å²) in [6, 6.07) is 9.40. The molecule has 30 heavy (non-hydrogen) atoms. The van der Waals surface area contributed by atoms with Crippen molar-refractivity contribution in [2.75, 3.05) is 39.3 Å². The van der Waals surface area contributed by atoms with Crippen molar-refractivity contribution in [1.29, 1.82) is 0 Å². The van der Waals surface area contributed by atoms with E-state index in [1.165, 1.54) is 28.2 Å². The fourth-order valence-corrected chi connectivity index (χ4v) is 5.85. The van der Waals surface area contributed by atoms with Crippen LogP contribution in [0.3, 0.4) is 0 Å². The highest BCUT2D eigenvalue weighted by atomic mass is 32.2. The van der Waals surface area contributed by atoms with Crippen molar-refractivity contribution in [3.8, 4) is 0 Å². The van der Waals surface area contributed by atoms with Gasteiger partial charge in [0.1, 0.15) is 5.82 Å². The molecule has 1 aromatic heterocycles. The number of piperazine rings is 1. The number of aryl methyl sites for hydroxylation is 1. The summed E-state index contributed by atoms with van der Waals surface area (Å²) in [6.45, 7) is 2.34. The van der Waals surface area contributed by atoms with Gasteiger partial charge in [-0.15, -0.1) is 0 Å². The van der Waals surface area contributed by atoms with Gasteiger partial charge in [-0.25, -0.2) is 12.8 Å². The van der Waals surface area contributed by atoms with Gasteiger partial charge in [-0.3, -0.25) is 9.69 Å². The number of aromatic nitrogens is 1. The lowest BCUT2D eigenvalue weighted by Gasteiger charge is -2.35. The third kappa shape index (κ3) is 4.14. The van der Waals surface area contributed by atoms with E-state index in [9.17, 15) is 17.6 Å². The first-order valence-corrected chi connectivity index (χ1v) is 11.7. The van der Waals surface area contributed by atoms with Crippen molar-refractivity contribution >= 4 is 15.9 Å². The summed E-state index contributed by atoms with van der Waals surface area (Å²) in [7, 11) is -1.74. The maximum atomic E-state index is 13.4. The standard InChI is InChI=1S/C21H27FN4O3S/c1-23-9-3-7-19(23)20-8-4-10-25(20)16-21(27)24-11-13-26(14-12-24)30(28,29)18-6-2-5-17(22)15-18/h2-3,5-7,9,15,20H,4,8,10-14,16H2,1H3. The van der Waals surface area contributed by atoms with Gasteiger partial charge >= 0.3 is 0 Å². The minimum absolute atomic E-state index is 0.0268. The number of likely N-dealkylation sites (tertiary alicyclic amines) is 1. The van der Waals surface area contributed by atoms with Crippen LogP contribution in [0.2, 0.25) is 0 Å². The molecule has 2 fully saturated rings. The summed E-state index contributed by atoms with van der Waals surface area (Å²) in [5.74, 6) is -0.554. The van der Waals surface area contributed by atoms with E-state index in [0.717, 1.165) is 25.5 Å². The van der Waals surface area contributed by atoms with Crippen LogP contribution in [0, 0.1) is 5.82 Å². The third-order valence-corrected chi connectivity index (χ3v) is 7.95. The average molecular weight is 435 g/mol. The van der Waals surface area contributed by atoms with E-state index >= 15 is 0 Å². The third-order valence-electron chi connectivity index (χ3n) is 6.05. The molecule has 0 radical (unpaired) electrons. The van der Waals surface area contributed by atoms with Crippen LogP contribution in [-0.4, -0.2) is 72.3 Å². The highest BCUT2D eigenvalue weighted by Gasteiger charge is 2.33. The Morgan fingerprint density at radius 2 is 1.87 bits per heavy atom. The molecule has 7 nitrogen and oxygen atoms in total. The topological polar surface area (TPSA) is 65.9 Å². The van der Waals surface area contributed by atoms with Crippen LogP contribution in [0.4, 0.5) is 4.39 Å². The highest BCUT2D eigenvalue weighted by molar-refractivity contribution is 7.89. The quantitative estimate of drug-likeness (QED) is 0.720. The van der Waals surface area contributed by atoms with Gasteiger partial charge in [0, 0.05) is 45.1 Å².